The highest BCUT2D eigenvalue weighted by atomic mass is 16.5. The third-order valence-corrected chi connectivity index (χ3v) is 5.77. The van der Waals surface area contributed by atoms with E-state index in [0.717, 1.165) is 36.2 Å². The smallest absolute Gasteiger partial charge is 0.101 e. The molecule has 1 saturated carbocycles. The van der Waals surface area contributed by atoms with E-state index in [0.29, 0.717) is 11.6 Å². The van der Waals surface area contributed by atoms with Crippen molar-refractivity contribution in [2.75, 3.05) is 24.5 Å². The highest BCUT2D eigenvalue weighted by Gasteiger charge is 2.27. The zero-order valence-corrected chi connectivity index (χ0v) is 16.0. The first-order chi connectivity index (χ1) is 13.2. The molecule has 2 atom stereocenters. The van der Waals surface area contributed by atoms with E-state index in [4.69, 9.17) is 4.74 Å². The van der Waals surface area contributed by atoms with Crippen LogP contribution in [0.5, 0.6) is 0 Å². The molecular weight excluding hydrogens is 336 g/mol. The van der Waals surface area contributed by atoms with Crippen LogP contribution in [0.4, 0.5) is 5.69 Å². The molecular formula is C22H28N4O. The van der Waals surface area contributed by atoms with Crippen molar-refractivity contribution in [2.45, 2.75) is 57.3 Å². The molecule has 2 heterocycles. The molecule has 0 amide bonds. The van der Waals surface area contributed by atoms with Gasteiger partial charge in [-0.3, -0.25) is 4.98 Å². The Hall–Kier alpha value is -2.16. The van der Waals surface area contributed by atoms with Crippen molar-refractivity contribution in [1.29, 1.82) is 5.26 Å². The zero-order chi connectivity index (χ0) is 18.6. The molecule has 1 aliphatic carbocycles. The number of nitriles is 1. The summed E-state index contributed by atoms with van der Waals surface area (Å²) >= 11 is 0. The number of fused-ring (bicyclic) bond motifs is 1. The van der Waals surface area contributed by atoms with Crippen LogP contribution in [0.1, 0.15) is 44.6 Å². The molecule has 5 nitrogen and oxygen atoms in total. The van der Waals surface area contributed by atoms with E-state index in [1.165, 1.54) is 32.1 Å². The van der Waals surface area contributed by atoms with Crippen LogP contribution in [0.15, 0.2) is 30.5 Å². The lowest BCUT2D eigenvalue weighted by Gasteiger charge is -2.39. The molecule has 27 heavy (non-hydrogen) atoms. The van der Waals surface area contributed by atoms with Gasteiger partial charge in [0, 0.05) is 42.9 Å². The maximum atomic E-state index is 9.38. The summed E-state index contributed by atoms with van der Waals surface area (Å²) in [6, 6.07) is 10.9. The maximum Gasteiger partial charge on any atom is 0.101 e. The lowest BCUT2D eigenvalue weighted by atomic mass is 9.95. The van der Waals surface area contributed by atoms with Gasteiger partial charge in [-0.2, -0.15) is 5.26 Å². The van der Waals surface area contributed by atoms with E-state index in [-0.39, 0.29) is 12.2 Å². The molecule has 2 fully saturated rings. The Morgan fingerprint density at radius 3 is 2.89 bits per heavy atom. The summed E-state index contributed by atoms with van der Waals surface area (Å²) < 4.78 is 6.21. The van der Waals surface area contributed by atoms with Gasteiger partial charge in [-0.05, 0) is 44.0 Å². The minimum atomic E-state index is 0.179. The normalized spacial score (nSPS) is 24.1. The number of nitrogens with one attached hydrogen (secondary N) is 1. The van der Waals surface area contributed by atoms with Crippen LogP contribution in [0, 0.1) is 11.3 Å². The standard InChI is InChI=1S/C22H28N4O/c1-16-14-26(15-19(27-16)13-25-18-6-3-2-4-7-18)21-10-9-17(12-23)22-20(21)8-5-11-24-22/h5,8-11,16,18-19,25H,2-4,6-7,13-15H2,1H3/t16-,19+/m1/s1. The molecule has 0 unspecified atom stereocenters. The van der Waals surface area contributed by atoms with Crippen LogP contribution >= 0.6 is 0 Å². The summed E-state index contributed by atoms with van der Waals surface area (Å²) in [7, 11) is 0. The fraction of sp³-hybridized carbons (Fsp3) is 0.545. The summed E-state index contributed by atoms with van der Waals surface area (Å²) in [6.07, 6.45) is 8.76. The van der Waals surface area contributed by atoms with E-state index in [2.05, 4.69) is 40.3 Å². The second-order valence-corrected chi connectivity index (χ2v) is 7.86. The van der Waals surface area contributed by atoms with Gasteiger partial charge in [-0.15, -0.1) is 0 Å². The number of pyridine rings is 1. The molecule has 4 rings (SSSR count). The van der Waals surface area contributed by atoms with Gasteiger partial charge in [-0.1, -0.05) is 19.3 Å². The van der Waals surface area contributed by atoms with Gasteiger partial charge in [0.25, 0.3) is 0 Å². The summed E-state index contributed by atoms with van der Waals surface area (Å²) in [5, 5.41) is 14.2. The van der Waals surface area contributed by atoms with E-state index in [1.54, 1.807) is 6.20 Å². The molecule has 1 saturated heterocycles. The highest BCUT2D eigenvalue weighted by Crippen LogP contribution is 2.30. The van der Waals surface area contributed by atoms with Gasteiger partial charge >= 0.3 is 0 Å². The van der Waals surface area contributed by atoms with Gasteiger partial charge in [0.1, 0.15) is 6.07 Å². The Morgan fingerprint density at radius 2 is 2.07 bits per heavy atom. The summed E-state index contributed by atoms with van der Waals surface area (Å²) in [5.41, 5.74) is 2.56. The van der Waals surface area contributed by atoms with Crippen molar-refractivity contribution in [3.05, 3.63) is 36.0 Å². The quantitative estimate of drug-likeness (QED) is 0.898. The number of morpholine rings is 1. The topological polar surface area (TPSA) is 61.2 Å². The molecule has 2 aliphatic rings. The van der Waals surface area contributed by atoms with Crippen molar-refractivity contribution in [2.24, 2.45) is 0 Å². The van der Waals surface area contributed by atoms with Crippen molar-refractivity contribution < 1.29 is 4.74 Å². The molecule has 2 aromatic rings. The van der Waals surface area contributed by atoms with Gasteiger partial charge in [0.05, 0.1) is 23.3 Å². The zero-order valence-electron chi connectivity index (χ0n) is 16.0. The van der Waals surface area contributed by atoms with Crippen LogP contribution in [0.3, 0.4) is 0 Å². The first-order valence-corrected chi connectivity index (χ1v) is 10.2. The number of hydrogen-bond acceptors (Lipinski definition) is 5. The van der Waals surface area contributed by atoms with Gasteiger partial charge < -0.3 is 15.0 Å². The van der Waals surface area contributed by atoms with Crippen molar-refractivity contribution in [3.63, 3.8) is 0 Å². The third-order valence-electron chi connectivity index (χ3n) is 5.77. The Labute approximate surface area is 161 Å². The van der Waals surface area contributed by atoms with Crippen molar-refractivity contribution in [1.82, 2.24) is 10.3 Å². The Morgan fingerprint density at radius 1 is 1.22 bits per heavy atom. The molecule has 1 aliphatic heterocycles. The predicted octanol–water partition coefficient (Wildman–Crippen LogP) is 3.62. The van der Waals surface area contributed by atoms with Crippen LogP contribution < -0.4 is 10.2 Å². The van der Waals surface area contributed by atoms with Crippen molar-refractivity contribution >= 4 is 16.6 Å². The average molecular weight is 364 g/mol. The molecule has 1 N–H and O–H groups in total. The number of benzene rings is 1. The first kappa shape index (κ1) is 18.2. The summed E-state index contributed by atoms with van der Waals surface area (Å²) in [5.74, 6) is 0. The number of rotatable bonds is 4. The Bertz CT molecular complexity index is 825. The monoisotopic (exact) mass is 364 g/mol. The van der Waals surface area contributed by atoms with E-state index in [9.17, 15) is 5.26 Å². The number of hydrogen-bond donors (Lipinski definition) is 1. The lowest BCUT2D eigenvalue weighted by Crippen LogP contribution is -2.51. The van der Waals surface area contributed by atoms with E-state index >= 15 is 0 Å². The number of aromatic nitrogens is 1. The molecule has 0 radical (unpaired) electrons. The second-order valence-electron chi connectivity index (χ2n) is 7.86. The minimum absolute atomic E-state index is 0.179. The predicted molar refractivity (Wildman–Crippen MR) is 108 cm³/mol. The third kappa shape index (κ3) is 4.07. The van der Waals surface area contributed by atoms with Crippen LogP contribution in [0.2, 0.25) is 0 Å². The van der Waals surface area contributed by atoms with Crippen LogP contribution in [-0.2, 0) is 4.74 Å². The van der Waals surface area contributed by atoms with E-state index < -0.39 is 0 Å². The number of anilines is 1. The molecule has 1 aromatic heterocycles. The van der Waals surface area contributed by atoms with Crippen molar-refractivity contribution in [3.8, 4) is 6.07 Å². The first-order valence-electron chi connectivity index (χ1n) is 10.2. The maximum absolute atomic E-state index is 9.38. The minimum Gasteiger partial charge on any atom is -0.370 e. The highest BCUT2D eigenvalue weighted by molar-refractivity contribution is 5.95. The van der Waals surface area contributed by atoms with Gasteiger partial charge in [0.2, 0.25) is 0 Å². The molecule has 0 bridgehead atoms. The Balaban J connectivity index is 1.51. The molecule has 0 spiro atoms. The van der Waals surface area contributed by atoms with E-state index in [1.807, 2.05) is 12.1 Å². The van der Waals surface area contributed by atoms with Crippen LogP contribution in [0.25, 0.3) is 10.9 Å². The largest absolute Gasteiger partial charge is 0.370 e. The second kappa shape index (κ2) is 8.24. The number of ether oxygens (including phenoxy) is 1. The Kier molecular flexibility index (Phi) is 5.56. The fourth-order valence-corrected chi connectivity index (χ4v) is 4.48. The average Bonchev–Trinajstić information content (AvgIpc) is 2.72. The van der Waals surface area contributed by atoms with Gasteiger partial charge in [-0.25, -0.2) is 0 Å². The molecule has 142 valence electrons. The SMILES string of the molecule is C[C@@H]1CN(c2ccc(C#N)c3ncccc23)C[C@H](CNC2CCCCC2)O1. The lowest BCUT2D eigenvalue weighted by molar-refractivity contribution is -0.0162. The number of nitrogens with zero attached hydrogens (tertiary/aromatic N) is 3. The summed E-state index contributed by atoms with van der Waals surface area (Å²) in [4.78, 5) is 6.85. The molecule has 1 aromatic carbocycles. The molecule has 5 heteroatoms. The van der Waals surface area contributed by atoms with Crippen LogP contribution in [-0.4, -0.2) is 42.9 Å². The summed E-state index contributed by atoms with van der Waals surface area (Å²) in [6.45, 7) is 4.76. The fourth-order valence-electron chi connectivity index (χ4n) is 4.48. The van der Waals surface area contributed by atoms with Gasteiger partial charge in [0.15, 0.2) is 0 Å².